The van der Waals surface area contributed by atoms with Gasteiger partial charge in [0.05, 0.1) is 0 Å². The smallest absolute Gasteiger partial charge is 0.246 e. The summed E-state index contributed by atoms with van der Waals surface area (Å²) in [5.74, 6) is -3.95. The highest BCUT2D eigenvalue weighted by Gasteiger charge is 2.27. The SMILES string of the molecule is NC1CCC(CNS(=O)(=O)c2c(F)cc(F)cc2F)CC1. The lowest BCUT2D eigenvalue weighted by molar-refractivity contribution is 0.326. The Morgan fingerprint density at radius 3 is 2.14 bits per heavy atom. The lowest BCUT2D eigenvalue weighted by Gasteiger charge is -2.26. The molecule has 0 unspecified atom stereocenters. The van der Waals surface area contributed by atoms with Crippen LogP contribution in [-0.2, 0) is 10.0 Å². The summed E-state index contributed by atoms with van der Waals surface area (Å²) in [5, 5.41) is 0. The molecule has 21 heavy (non-hydrogen) atoms. The van der Waals surface area contributed by atoms with Crippen molar-refractivity contribution >= 4 is 10.0 Å². The van der Waals surface area contributed by atoms with Crippen LogP contribution in [0.15, 0.2) is 17.0 Å². The van der Waals surface area contributed by atoms with Crippen molar-refractivity contribution in [2.24, 2.45) is 11.7 Å². The Balaban J connectivity index is 2.09. The monoisotopic (exact) mass is 322 g/mol. The van der Waals surface area contributed by atoms with Crippen LogP contribution in [0, 0.1) is 23.4 Å². The predicted octanol–water partition coefficient (Wildman–Crippen LogP) is 1.90. The average molecular weight is 322 g/mol. The Kier molecular flexibility index (Phi) is 4.90. The standard InChI is InChI=1S/C13H17F3N2O2S/c14-9-5-11(15)13(12(16)6-9)21(19,20)18-7-8-1-3-10(17)4-2-8/h5-6,8,10,18H,1-4,7,17H2. The molecule has 1 aliphatic carbocycles. The Bertz CT molecular complexity index is 591. The van der Waals surface area contributed by atoms with E-state index in [0.29, 0.717) is 12.1 Å². The van der Waals surface area contributed by atoms with E-state index in [0.717, 1.165) is 25.7 Å². The molecule has 3 N–H and O–H groups in total. The zero-order valence-electron chi connectivity index (χ0n) is 11.3. The minimum absolute atomic E-state index is 0.0886. The fourth-order valence-corrected chi connectivity index (χ4v) is 3.71. The van der Waals surface area contributed by atoms with Crippen LogP contribution in [0.25, 0.3) is 0 Å². The van der Waals surface area contributed by atoms with Gasteiger partial charge >= 0.3 is 0 Å². The normalized spacial score (nSPS) is 23.2. The number of hydrogen-bond acceptors (Lipinski definition) is 3. The minimum atomic E-state index is -4.35. The van der Waals surface area contributed by atoms with Gasteiger partial charge in [0.1, 0.15) is 17.5 Å². The average Bonchev–Trinajstić information content (AvgIpc) is 2.36. The number of halogens is 3. The lowest BCUT2D eigenvalue weighted by atomic mass is 9.87. The third-order valence-electron chi connectivity index (χ3n) is 3.69. The lowest BCUT2D eigenvalue weighted by Crippen LogP contribution is -2.34. The van der Waals surface area contributed by atoms with Crippen molar-refractivity contribution in [1.29, 1.82) is 0 Å². The Hall–Kier alpha value is -1.12. The highest BCUT2D eigenvalue weighted by Crippen LogP contribution is 2.24. The number of sulfonamides is 1. The maximum atomic E-state index is 13.5. The number of hydrogen-bond donors (Lipinski definition) is 2. The number of nitrogens with one attached hydrogen (secondary N) is 1. The van der Waals surface area contributed by atoms with Crippen molar-refractivity contribution in [1.82, 2.24) is 4.72 Å². The summed E-state index contributed by atoms with van der Waals surface area (Å²) in [4.78, 5) is -1.14. The Morgan fingerprint density at radius 1 is 1.10 bits per heavy atom. The Labute approximate surface area is 121 Å². The van der Waals surface area contributed by atoms with Crippen molar-refractivity contribution < 1.29 is 21.6 Å². The molecule has 2 rings (SSSR count). The van der Waals surface area contributed by atoms with Gasteiger partial charge in [0, 0.05) is 24.7 Å². The van der Waals surface area contributed by atoms with Crippen molar-refractivity contribution in [3.8, 4) is 0 Å². The molecule has 0 heterocycles. The molecule has 0 spiro atoms. The molecule has 1 aromatic rings. The molecule has 1 aromatic carbocycles. The molecule has 0 bridgehead atoms. The first kappa shape index (κ1) is 16.3. The van der Waals surface area contributed by atoms with E-state index in [1.807, 2.05) is 0 Å². The van der Waals surface area contributed by atoms with Gasteiger partial charge in [0.2, 0.25) is 10.0 Å². The molecule has 1 fully saturated rings. The van der Waals surface area contributed by atoms with Crippen LogP contribution in [0.2, 0.25) is 0 Å². The zero-order valence-corrected chi connectivity index (χ0v) is 12.1. The second-order valence-corrected chi connectivity index (χ2v) is 7.04. The van der Waals surface area contributed by atoms with Crippen LogP contribution in [0.4, 0.5) is 13.2 Å². The van der Waals surface area contributed by atoms with Gasteiger partial charge in [-0.15, -0.1) is 0 Å². The van der Waals surface area contributed by atoms with Crippen LogP contribution in [0.5, 0.6) is 0 Å². The van der Waals surface area contributed by atoms with Crippen LogP contribution in [0.3, 0.4) is 0 Å². The quantitative estimate of drug-likeness (QED) is 0.889. The first-order valence-electron chi connectivity index (χ1n) is 6.69. The summed E-state index contributed by atoms with van der Waals surface area (Å²) in [7, 11) is -4.35. The highest BCUT2D eigenvalue weighted by molar-refractivity contribution is 7.89. The van der Waals surface area contributed by atoms with E-state index >= 15 is 0 Å². The van der Waals surface area contributed by atoms with E-state index in [2.05, 4.69) is 4.72 Å². The third kappa shape index (κ3) is 3.96. The van der Waals surface area contributed by atoms with Gasteiger partial charge in [-0.1, -0.05) is 0 Å². The molecule has 0 amide bonds. The van der Waals surface area contributed by atoms with Gasteiger partial charge in [-0.05, 0) is 31.6 Å². The summed E-state index contributed by atoms with van der Waals surface area (Å²) in [6.45, 7) is 0.0886. The van der Waals surface area contributed by atoms with Crippen LogP contribution >= 0.6 is 0 Å². The van der Waals surface area contributed by atoms with Crippen molar-refractivity contribution in [2.75, 3.05) is 6.54 Å². The molecule has 8 heteroatoms. The molecular formula is C13H17F3N2O2S. The van der Waals surface area contributed by atoms with Crippen LogP contribution in [-0.4, -0.2) is 21.0 Å². The molecule has 0 atom stereocenters. The van der Waals surface area contributed by atoms with Gasteiger partial charge in [0.25, 0.3) is 0 Å². The Morgan fingerprint density at radius 2 is 1.62 bits per heavy atom. The van der Waals surface area contributed by atoms with Gasteiger partial charge in [0.15, 0.2) is 4.90 Å². The maximum Gasteiger partial charge on any atom is 0.246 e. The summed E-state index contributed by atoms with van der Waals surface area (Å²) in [5.41, 5.74) is 5.75. The highest BCUT2D eigenvalue weighted by atomic mass is 32.2. The fourth-order valence-electron chi connectivity index (χ4n) is 2.48. The van der Waals surface area contributed by atoms with Gasteiger partial charge in [-0.2, -0.15) is 0 Å². The molecule has 0 aliphatic heterocycles. The molecule has 0 aromatic heterocycles. The van der Waals surface area contributed by atoms with Gasteiger partial charge in [-0.25, -0.2) is 26.3 Å². The topological polar surface area (TPSA) is 72.2 Å². The van der Waals surface area contributed by atoms with E-state index in [-0.39, 0.29) is 18.5 Å². The van der Waals surface area contributed by atoms with E-state index < -0.39 is 32.4 Å². The van der Waals surface area contributed by atoms with E-state index in [1.165, 1.54) is 0 Å². The molecular weight excluding hydrogens is 305 g/mol. The first-order valence-corrected chi connectivity index (χ1v) is 8.17. The van der Waals surface area contributed by atoms with E-state index in [9.17, 15) is 21.6 Å². The molecule has 118 valence electrons. The first-order chi connectivity index (χ1) is 9.79. The van der Waals surface area contributed by atoms with Crippen molar-refractivity contribution in [3.63, 3.8) is 0 Å². The number of rotatable bonds is 4. The van der Waals surface area contributed by atoms with E-state index in [4.69, 9.17) is 5.73 Å². The third-order valence-corrected chi connectivity index (χ3v) is 5.16. The summed E-state index contributed by atoms with van der Waals surface area (Å²) in [6, 6.07) is 0.819. The van der Waals surface area contributed by atoms with Crippen molar-refractivity contribution in [3.05, 3.63) is 29.6 Å². The predicted molar refractivity (Wildman–Crippen MR) is 71.4 cm³/mol. The minimum Gasteiger partial charge on any atom is -0.328 e. The zero-order chi connectivity index (χ0) is 15.6. The molecule has 0 radical (unpaired) electrons. The largest absolute Gasteiger partial charge is 0.328 e. The summed E-state index contributed by atoms with van der Waals surface area (Å²) >= 11 is 0. The molecule has 0 saturated heterocycles. The van der Waals surface area contributed by atoms with E-state index in [1.54, 1.807) is 0 Å². The fraction of sp³-hybridized carbons (Fsp3) is 0.538. The molecule has 1 aliphatic rings. The van der Waals surface area contributed by atoms with Gasteiger partial charge in [-0.3, -0.25) is 0 Å². The maximum absolute atomic E-state index is 13.5. The molecule has 4 nitrogen and oxygen atoms in total. The molecule has 1 saturated carbocycles. The second kappa shape index (κ2) is 6.33. The van der Waals surface area contributed by atoms with Crippen molar-refractivity contribution in [2.45, 2.75) is 36.6 Å². The second-order valence-electron chi connectivity index (χ2n) is 5.33. The van der Waals surface area contributed by atoms with Gasteiger partial charge < -0.3 is 5.73 Å². The summed E-state index contributed by atoms with van der Waals surface area (Å²) in [6.07, 6.45) is 3.12. The van der Waals surface area contributed by atoms with Crippen LogP contribution < -0.4 is 10.5 Å². The van der Waals surface area contributed by atoms with Crippen LogP contribution in [0.1, 0.15) is 25.7 Å². The summed E-state index contributed by atoms with van der Waals surface area (Å²) < 4.78 is 65.9. The number of benzene rings is 1. The number of nitrogens with two attached hydrogens (primary N) is 1.